The van der Waals surface area contributed by atoms with Gasteiger partial charge in [-0.05, 0) is 30.3 Å². The Morgan fingerprint density at radius 3 is 2.42 bits per heavy atom. The van der Waals surface area contributed by atoms with E-state index in [9.17, 15) is 0 Å². The normalized spacial score (nSPS) is 10.6. The quantitative estimate of drug-likeness (QED) is 0.713. The van der Waals surface area contributed by atoms with Gasteiger partial charge in [0.25, 0.3) is 0 Å². The molecular formula is C13H7Cl2N3O. The Kier molecular flexibility index (Phi) is 3.19. The van der Waals surface area contributed by atoms with Crippen LogP contribution in [0.1, 0.15) is 0 Å². The molecular weight excluding hydrogens is 285 g/mol. The van der Waals surface area contributed by atoms with Gasteiger partial charge in [0.15, 0.2) is 0 Å². The number of rotatable bonds is 2. The van der Waals surface area contributed by atoms with E-state index in [1.165, 1.54) is 0 Å². The molecule has 94 valence electrons. The maximum absolute atomic E-state index is 6.09. The highest BCUT2D eigenvalue weighted by molar-refractivity contribution is 6.35. The van der Waals surface area contributed by atoms with E-state index in [1.807, 2.05) is 0 Å². The van der Waals surface area contributed by atoms with E-state index in [1.54, 1.807) is 42.7 Å². The molecule has 0 spiro atoms. The highest BCUT2D eigenvalue weighted by Crippen LogP contribution is 2.31. The van der Waals surface area contributed by atoms with Crippen LogP contribution >= 0.6 is 23.2 Å². The van der Waals surface area contributed by atoms with Crippen LogP contribution in [-0.4, -0.2) is 15.2 Å². The van der Waals surface area contributed by atoms with Crippen molar-refractivity contribution in [1.29, 1.82) is 0 Å². The molecule has 1 aromatic carbocycles. The van der Waals surface area contributed by atoms with Crippen LogP contribution in [-0.2, 0) is 0 Å². The molecule has 0 saturated heterocycles. The van der Waals surface area contributed by atoms with Crippen molar-refractivity contribution in [2.24, 2.45) is 0 Å². The molecule has 3 rings (SSSR count). The molecule has 4 nitrogen and oxygen atoms in total. The van der Waals surface area contributed by atoms with Crippen molar-refractivity contribution >= 4 is 23.2 Å². The molecule has 0 saturated carbocycles. The van der Waals surface area contributed by atoms with Crippen LogP contribution < -0.4 is 0 Å². The van der Waals surface area contributed by atoms with Crippen molar-refractivity contribution in [3.05, 3.63) is 52.8 Å². The molecule has 0 aliphatic rings. The maximum Gasteiger partial charge on any atom is 0.249 e. The van der Waals surface area contributed by atoms with Crippen LogP contribution in [0.3, 0.4) is 0 Å². The first kappa shape index (κ1) is 12.1. The lowest BCUT2D eigenvalue weighted by molar-refractivity contribution is 0.584. The highest BCUT2D eigenvalue weighted by atomic mass is 35.5. The SMILES string of the molecule is Clc1ccc(Cl)c(-c2nnc(-c3ccncc3)o2)c1. The lowest BCUT2D eigenvalue weighted by Gasteiger charge is -1.99. The van der Waals surface area contributed by atoms with Gasteiger partial charge >= 0.3 is 0 Å². The van der Waals surface area contributed by atoms with Gasteiger partial charge in [0, 0.05) is 23.0 Å². The van der Waals surface area contributed by atoms with E-state index < -0.39 is 0 Å². The van der Waals surface area contributed by atoms with E-state index in [-0.39, 0.29) is 0 Å². The lowest BCUT2D eigenvalue weighted by Crippen LogP contribution is -1.79. The van der Waals surface area contributed by atoms with E-state index >= 15 is 0 Å². The van der Waals surface area contributed by atoms with E-state index in [0.29, 0.717) is 27.4 Å². The molecule has 0 unspecified atom stereocenters. The van der Waals surface area contributed by atoms with Gasteiger partial charge in [-0.1, -0.05) is 23.2 Å². The zero-order chi connectivity index (χ0) is 13.2. The van der Waals surface area contributed by atoms with Gasteiger partial charge in [-0.15, -0.1) is 10.2 Å². The first-order valence-electron chi connectivity index (χ1n) is 5.43. The van der Waals surface area contributed by atoms with Crippen molar-refractivity contribution < 1.29 is 4.42 Å². The van der Waals surface area contributed by atoms with Crippen LogP contribution in [0.2, 0.25) is 10.0 Å². The highest BCUT2D eigenvalue weighted by Gasteiger charge is 2.13. The average Bonchev–Trinajstić information content (AvgIpc) is 2.92. The average molecular weight is 292 g/mol. The number of pyridine rings is 1. The lowest BCUT2D eigenvalue weighted by atomic mass is 10.2. The standard InChI is InChI=1S/C13H7Cl2N3O/c14-9-1-2-11(15)10(7-9)13-18-17-12(19-13)8-3-5-16-6-4-8/h1-7H. The van der Waals surface area contributed by atoms with Crippen LogP contribution in [0.5, 0.6) is 0 Å². The number of benzene rings is 1. The molecule has 0 amide bonds. The van der Waals surface area contributed by atoms with Crippen LogP contribution in [0, 0.1) is 0 Å². The fourth-order valence-electron chi connectivity index (χ4n) is 1.60. The Balaban J connectivity index is 2.04. The number of nitrogens with zero attached hydrogens (tertiary/aromatic N) is 3. The summed E-state index contributed by atoms with van der Waals surface area (Å²) in [6, 6.07) is 8.66. The predicted octanol–water partition coefficient (Wildman–Crippen LogP) is 4.11. The summed E-state index contributed by atoms with van der Waals surface area (Å²) in [7, 11) is 0. The van der Waals surface area contributed by atoms with E-state index in [0.717, 1.165) is 5.56 Å². The fourth-order valence-corrected chi connectivity index (χ4v) is 1.98. The first-order valence-corrected chi connectivity index (χ1v) is 6.19. The fraction of sp³-hybridized carbons (Fsp3) is 0. The van der Waals surface area contributed by atoms with E-state index in [4.69, 9.17) is 27.6 Å². The van der Waals surface area contributed by atoms with Crippen molar-refractivity contribution in [2.75, 3.05) is 0 Å². The second-order valence-corrected chi connectivity index (χ2v) is 4.62. The third-order valence-electron chi connectivity index (χ3n) is 2.51. The minimum absolute atomic E-state index is 0.333. The van der Waals surface area contributed by atoms with Gasteiger partial charge < -0.3 is 4.42 Å². The van der Waals surface area contributed by atoms with Crippen molar-refractivity contribution in [1.82, 2.24) is 15.2 Å². The summed E-state index contributed by atoms with van der Waals surface area (Å²) in [5.41, 5.74) is 1.41. The molecule has 3 aromatic rings. The molecule has 0 N–H and O–H groups in total. The summed E-state index contributed by atoms with van der Waals surface area (Å²) in [5.74, 6) is 0.743. The third kappa shape index (κ3) is 2.45. The second kappa shape index (κ2) is 4.99. The minimum Gasteiger partial charge on any atom is -0.416 e. The van der Waals surface area contributed by atoms with E-state index in [2.05, 4.69) is 15.2 Å². The molecule has 0 fully saturated rings. The largest absolute Gasteiger partial charge is 0.416 e. The smallest absolute Gasteiger partial charge is 0.249 e. The molecule has 0 aliphatic carbocycles. The molecule has 0 atom stereocenters. The van der Waals surface area contributed by atoms with Gasteiger partial charge in [-0.25, -0.2) is 0 Å². The Bertz CT molecular complexity index is 713. The first-order chi connectivity index (χ1) is 9.24. The topological polar surface area (TPSA) is 51.8 Å². The Morgan fingerprint density at radius 2 is 1.63 bits per heavy atom. The van der Waals surface area contributed by atoms with Gasteiger partial charge in [-0.3, -0.25) is 4.98 Å². The van der Waals surface area contributed by atoms with Crippen molar-refractivity contribution in [3.8, 4) is 22.9 Å². The number of hydrogen-bond donors (Lipinski definition) is 0. The van der Waals surface area contributed by atoms with Crippen LogP contribution in [0.4, 0.5) is 0 Å². The second-order valence-electron chi connectivity index (χ2n) is 3.77. The molecule has 0 aliphatic heterocycles. The zero-order valence-corrected chi connectivity index (χ0v) is 11.1. The van der Waals surface area contributed by atoms with Crippen LogP contribution in [0.15, 0.2) is 47.1 Å². The van der Waals surface area contributed by atoms with Gasteiger partial charge in [0.1, 0.15) is 0 Å². The molecule has 0 bridgehead atoms. The molecule has 6 heteroatoms. The van der Waals surface area contributed by atoms with Crippen molar-refractivity contribution in [3.63, 3.8) is 0 Å². The number of aromatic nitrogens is 3. The van der Waals surface area contributed by atoms with Gasteiger partial charge in [0.2, 0.25) is 11.8 Å². The van der Waals surface area contributed by atoms with Gasteiger partial charge in [0.05, 0.1) is 10.6 Å². The Morgan fingerprint density at radius 1 is 0.895 bits per heavy atom. The molecule has 2 aromatic heterocycles. The molecule has 0 radical (unpaired) electrons. The van der Waals surface area contributed by atoms with Crippen molar-refractivity contribution in [2.45, 2.75) is 0 Å². The minimum atomic E-state index is 0.333. The summed E-state index contributed by atoms with van der Waals surface area (Å²) in [5, 5.41) is 9.04. The summed E-state index contributed by atoms with van der Waals surface area (Å²) in [4.78, 5) is 3.93. The Hall–Kier alpha value is -1.91. The van der Waals surface area contributed by atoms with Gasteiger partial charge in [-0.2, -0.15) is 0 Å². The molecule has 19 heavy (non-hydrogen) atoms. The summed E-state index contributed by atoms with van der Waals surface area (Å²) in [6.07, 6.45) is 3.32. The zero-order valence-electron chi connectivity index (χ0n) is 9.55. The number of hydrogen-bond acceptors (Lipinski definition) is 4. The number of halogens is 2. The summed E-state index contributed by atoms with van der Waals surface area (Å²) < 4.78 is 5.60. The third-order valence-corrected chi connectivity index (χ3v) is 3.08. The Labute approximate surface area is 119 Å². The summed E-state index contributed by atoms with van der Waals surface area (Å²) >= 11 is 12.0. The molecule has 2 heterocycles. The summed E-state index contributed by atoms with van der Waals surface area (Å²) in [6.45, 7) is 0. The van der Waals surface area contributed by atoms with Crippen LogP contribution in [0.25, 0.3) is 22.9 Å². The predicted molar refractivity (Wildman–Crippen MR) is 73.0 cm³/mol. The maximum atomic E-state index is 6.09. The monoisotopic (exact) mass is 291 g/mol.